The van der Waals surface area contributed by atoms with E-state index in [9.17, 15) is 4.79 Å². The molecule has 0 radical (unpaired) electrons. The second kappa shape index (κ2) is 10.2. The summed E-state index contributed by atoms with van der Waals surface area (Å²) in [6, 6.07) is 8.74. The van der Waals surface area contributed by atoms with E-state index in [1.807, 2.05) is 12.3 Å². The zero-order chi connectivity index (χ0) is 19.1. The molecule has 0 bridgehead atoms. The molecule has 1 saturated carbocycles. The number of rotatable bonds is 6. The maximum Gasteiger partial charge on any atom is 0.236 e. The van der Waals surface area contributed by atoms with Crippen LogP contribution in [-0.2, 0) is 9.53 Å². The fraction of sp³-hybridized carbons (Fsp3) is 0.450. The molecule has 2 aromatic rings. The number of thiocarbonyl (C=S) groups is 1. The number of thioether (sulfide) groups is 1. The van der Waals surface area contributed by atoms with Crippen molar-refractivity contribution in [1.29, 1.82) is 0 Å². The smallest absolute Gasteiger partial charge is 0.236 e. The van der Waals surface area contributed by atoms with Crippen LogP contribution in [0.25, 0.3) is 11.3 Å². The van der Waals surface area contributed by atoms with Gasteiger partial charge < -0.3 is 10.1 Å². The molecule has 3 rings (SSSR count). The molecule has 1 aliphatic carbocycles. The van der Waals surface area contributed by atoms with Gasteiger partial charge in [0.1, 0.15) is 0 Å². The summed E-state index contributed by atoms with van der Waals surface area (Å²) in [6.45, 7) is 2.38. The van der Waals surface area contributed by atoms with E-state index in [0.29, 0.717) is 22.0 Å². The minimum absolute atomic E-state index is 0.129. The first-order chi connectivity index (χ1) is 13.2. The van der Waals surface area contributed by atoms with Gasteiger partial charge in [-0.15, -0.1) is 11.3 Å². The summed E-state index contributed by atoms with van der Waals surface area (Å²) >= 11 is 7.66. The normalized spacial score (nSPS) is 14.7. The Bertz CT molecular complexity index is 768. The van der Waals surface area contributed by atoms with Gasteiger partial charge >= 0.3 is 0 Å². The minimum atomic E-state index is -0.129. The summed E-state index contributed by atoms with van der Waals surface area (Å²) in [4.78, 5) is 16.5. The summed E-state index contributed by atoms with van der Waals surface area (Å²) < 4.78 is 5.55. The van der Waals surface area contributed by atoms with Gasteiger partial charge in [-0.05, 0) is 43.5 Å². The number of carbonyl (C=O) groups is 1. The first-order valence-corrected chi connectivity index (χ1v) is 11.6. The zero-order valence-corrected chi connectivity index (χ0v) is 17.9. The summed E-state index contributed by atoms with van der Waals surface area (Å²) in [5.41, 5.74) is 3.41. The van der Waals surface area contributed by atoms with E-state index in [1.165, 1.54) is 60.8 Å². The van der Waals surface area contributed by atoms with Crippen molar-refractivity contribution in [2.75, 3.05) is 17.7 Å². The van der Waals surface area contributed by atoms with Crippen molar-refractivity contribution in [2.45, 2.75) is 44.9 Å². The monoisotopic (exact) mass is 420 g/mol. The Labute approximate surface area is 174 Å². The standard InChI is InChI=1S/C20H24N2O2S3/c1-2-24-20(25)27-13-18(23)22-19-21-17(12-26-19)16-10-8-15(9-11-16)14-6-4-3-5-7-14/h8-12,14H,2-7,13H2,1H3,(H,21,22,23). The molecule has 4 nitrogen and oxygen atoms in total. The topological polar surface area (TPSA) is 51.2 Å². The summed E-state index contributed by atoms with van der Waals surface area (Å²) in [5, 5.41) is 5.41. The van der Waals surface area contributed by atoms with Crippen LogP contribution in [0.1, 0.15) is 50.5 Å². The number of nitrogens with zero attached hydrogens (tertiary/aromatic N) is 1. The Morgan fingerprint density at radius 1 is 1.30 bits per heavy atom. The molecule has 1 aromatic carbocycles. The number of benzene rings is 1. The number of hydrogen-bond acceptors (Lipinski definition) is 6. The quantitative estimate of drug-likeness (QED) is 0.594. The van der Waals surface area contributed by atoms with Gasteiger partial charge in [0.25, 0.3) is 0 Å². The number of nitrogens with one attached hydrogen (secondary N) is 1. The van der Waals surface area contributed by atoms with Crippen LogP contribution in [0.2, 0.25) is 0 Å². The number of anilines is 1. The van der Waals surface area contributed by atoms with Crippen molar-refractivity contribution < 1.29 is 9.53 Å². The van der Waals surface area contributed by atoms with Crippen LogP contribution >= 0.6 is 35.3 Å². The van der Waals surface area contributed by atoms with Crippen LogP contribution in [0.5, 0.6) is 0 Å². The maximum atomic E-state index is 12.0. The Balaban J connectivity index is 1.55. The van der Waals surface area contributed by atoms with Gasteiger partial charge in [-0.1, -0.05) is 55.3 Å². The van der Waals surface area contributed by atoms with E-state index >= 15 is 0 Å². The van der Waals surface area contributed by atoms with Gasteiger partial charge in [0.05, 0.1) is 18.1 Å². The predicted octanol–water partition coefficient (Wildman–Crippen LogP) is 5.85. The van der Waals surface area contributed by atoms with Gasteiger partial charge in [0.2, 0.25) is 10.3 Å². The summed E-state index contributed by atoms with van der Waals surface area (Å²) in [5.74, 6) is 0.804. The Morgan fingerprint density at radius 3 is 2.74 bits per heavy atom. The lowest BCUT2D eigenvalue weighted by Gasteiger charge is -2.22. The number of amides is 1. The largest absolute Gasteiger partial charge is 0.479 e. The van der Waals surface area contributed by atoms with E-state index in [0.717, 1.165) is 11.3 Å². The van der Waals surface area contributed by atoms with Gasteiger partial charge in [-0.2, -0.15) is 0 Å². The molecule has 1 fully saturated rings. The van der Waals surface area contributed by atoms with Crippen LogP contribution in [0, 0.1) is 0 Å². The first kappa shape index (κ1) is 20.3. The van der Waals surface area contributed by atoms with E-state index in [4.69, 9.17) is 17.0 Å². The van der Waals surface area contributed by atoms with Crippen LogP contribution in [0.3, 0.4) is 0 Å². The van der Waals surface area contributed by atoms with Gasteiger partial charge in [0, 0.05) is 10.9 Å². The molecule has 0 aliphatic heterocycles. The fourth-order valence-electron chi connectivity index (χ4n) is 3.27. The molecule has 0 unspecified atom stereocenters. The van der Waals surface area contributed by atoms with Crippen molar-refractivity contribution in [3.8, 4) is 11.3 Å². The average Bonchev–Trinajstić information content (AvgIpc) is 3.16. The van der Waals surface area contributed by atoms with Gasteiger partial charge in [0.15, 0.2) is 5.13 Å². The Hall–Kier alpha value is -1.44. The average molecular weight is 421 g/mol. The van der Waals surface area contributed by atoms with Gasteiger partial charge in [-0.25, -0.2) is 4.98 Å². The van der Waals surface area contributed by atoms with E-state index in [2.05, 4.69) is 34.6 Å². The molecule has 27 heavy (non-hydrogen) atoms. The number of thiazole rings is 1. The molecule has 1 N–H and O–H groups in total. The minimum Gasteiger partial charge on any atom is -0.479 e. The van der Waals surface area contributed by atoms with Crippen molar-refractivity contribution in [3.63, 3.8) is 0 Å². The first-order valence-electron chi connectivity index (χ1n) is 9.31. The van der Waals surface area contributed by atoms with Gasteiger partial charge in [-0.3, -0.25) is 4.79 Å². The van der Waals surface area contributed by atoms with E-state index in [1.54, 1.807) is 0 Å². The molecule has 7 heteroatoms. The molecule has 1 amide bonds. The highest BCUT2D eigenvalue weighted by molar-refractivity contribution is 8.23. The molecule has 1 aromatic heterocycles. The highest BCUT2D eigenvalue weighted by Gasteiger charge is 2.16. The zero-order valence-electron chi connectivity index (χ0n) is 15.4. The van der Waals surface area contributed by atoms with Crippen molar-refractivity contribution in [2.24, 2.45) is 0 Å². The lowest BCUT2D eigenvalue weighted by Crippen LogP contribution is -2.15. The van der Waals surface area contributed by atoms with Crippen molar-refractivity contribution in [3.05, 3.63) is 35.2 Å². The Morgan fingerprint density at radius 2 is 2.04 bits per heavy atom. The third-order valence-corrected chi connectivity index (χ3v) is 6.61. The summed E-state index contributed by atoms with van der Waals surface area (Å²) in [6.07, 6.45) is 6.66. The van der Waals surface area contributed by atoms with E-state index in [-0.39, 0.29) is 11.7 Å². The number of carbonyl (C=O) groups excluding carboxylic acids is 1. The third-order valence-electron chi connectivity index (χ3n) is 4.62. The van der Waals surface area contributed by atoms with E-state index < -0.39 is 0 Å². The number of aromatic nitrogens is 1. The Kier molecular flexibility index (Phi) is 7.67. The highest BCUT2D eigenvalue weighted by atomic mass is 32.2. The number of ether oxygens (including phenoxy) is 1. The molecule has 0 spiro atoms. The lowest BCUT2D eigenvalue weighted by molar-refractivity contribution is -0.113. The molecule has 1 heterocycles. The van der Waals surface area contributed by atoms with Crippen LogP contribution in [0.15, 0.2) is 29.6 Å². The van der Waals surface area contributed by atoms with Crippen LogP contribution < -0.4 is 5.32 Å². The highest BCUT2D eigenvalue weighted by Crippen LogP contribution is 2.34. The molecular formula is C20H24N2O2S3. The van der Waals surface area contributed by atoms with Crippen LogP contribution in [0.4, 0.5) is 5.13 Å². The lowest BCUT2D eigenvalue weighted by atomic mass is 9.84. The molecule has 0 atom stereocenters. The summed E-state index contributed by atoms with van der Waals surface area (Å²) in [7, 11) is 0. The van der Waals surface area contributed by atoms with Crippen molar-refractivity contribution in [1.82, 2.24) is 4.98 Å². The molecular weight excluding hydrogens is 396 g/mol. The molecule has 144 valence electrons. The maximum absolute atomic E-state index is 12.0. The second-order valence-electron chi connectivity index (χ2n) is 6.51. The molecule has 0 saturated heterocycles. The van der Waals surface area contributed by atoms with Crippen molar-refractivity contribution >= 4 is 50.7 Å². The third kappa shape index (κ3) is 6.02. The molecule has 1 aliphatic rings. The fourth-order valence-corrected chi connectivity index (χ4v) is 4.82. The SMILES string of the molecule is CCOC(=S)SCC(=O)Nc1nc(-c2ccc(C3CCCCC3)cc2)cs1. The predicted molar refractivity (Wildman–Crippen MR) is 119 cm³/mol. The number of hydrogen-bond donors (Lipinski definition) is 1. The van der Waals surface area contributed by atoms with Crippen LogP contribution in [-0.4, -0.2) is 27.6 Å². The second-order valence-corrected chi connectivity index (χ2v) is 8.95.